The van der Waals surface area contributed by atoms with Crippen LogP contribution in [0.4, 0.5) is 5.69 Å². The molecule has 0 aliphatic carbocycles. The highest BCUT2D eigenvalue weighted by molar-refractivity contribution is 5.91. The predicted molar refractivity (Wildman–Crippen MR) is 73.4 cm³/mol. The molecule has 0 aliphatic rings. The Balaban J connectivity index is 2.42. The number of amides is 1. The number of nitrogens with two attached hydrogens (primary N) is 1. The van der Waals surface area contributed by atoms with Crippen LogP contribution < -0.4 is 11.1 Å². The molecule has 1 unspecified atom stereocenters. The number of aromatic nitrogens is 2. The van der Waals surface area contributed by atoms with Gasteiger partial charge in [-0.1, -0.05) is 13.3 Å². The van der Waals surface area contributed by atoms with Crippen molar-refractivity contribution in [2.45, 2.75) is 46.5 Å². The van der Waals surface area contributed by atoms with Crippen molar-refractivity contribution >= 4 is 11.6 Å². The van der Waals surface area contributed by atoms with Crippen molar-refractivity contribution in [2.75, 3.05) is 11.9 Å². The monoisotopic (exact) mass is 252 g/mol. The zero-order chi connectivity index (χ0) is 13.5. The smallest absolute Gasteiger partial charge is 0.224 e. The van der Waals surface area contributed by atoms with Gasteiger partial charge < -0.3 is 11.1 Å². The molecule has 0 spiro atoms. The van der Waals surface area contributed by atoms with Gasteiger partial charge in [-0.2, -0.15) is 5.10 Å². The third-order valence-electron chi connectivity index (χ3n) is 3.32. The second kappa shape index (κ2) is 7.16. The zero-order valence-corrected chi connectivity index (χ0v) is 11.5. The van der Waals surface area contributed by atoms with Crippen LogP contribution in [0.1, 0.15) is 44.0 Å². The average Bonchev–Trinajstić information content (AvgIpc) is 2.66. The van der Waals surface area contributed by atoms with E-state index in [0.717, 1.165) is 36.3 Å². The van der Waals surface area contributed by atoms with Crippen LogP contribution in [0.3, 0.4) is 0 Å². The van der Waals surface area contributed by atoms with Crippen LogP contribution >= 0.6 is 0 Å². The summed E-state index contributed by atoms with van der Waals surface area (Å²) in [5, 5.41) is 9.83. The fourth-order valence-corrected chi connectivity index (χ4v) is 2.06. The Labute approximate surface area is 109 Å². The van der Waals surface area contributed by atoms with Crippen LogP contribution in [0.25, 0.3) is 0 Å². The molecule has 0 aromatic carbocycles. The molecule has 0 aliphatic heterocycles. The van der Waals surface area contributed by atoms with Gasteiger partial charge in [-0.25, -0.2) is 0 Å². The van der Waals surface area contributed by atoms with E-state index in [-0.39, 0.29) is 5.91 Å². The molecule has 1 rings (SSSR count). The number of hydrogen-bond acceptors (Lipinski definition) is 3. The van der Waals surface area contributed by atoms with Crippen LogP contribution in [0.2, 0.25) is 0 Å². The van der Waals surface area contributed by atoms with Gasteiger partial charge in [0, 0.05) is 6.42 Å². The summed E-state index contributed by atoms with van der Waals surface area (Å²) in [4.78, 5) is 11.9. The summed E-state index contributed by atoms with van der Waals surface area (Å²) in [6, 6.07) is 0. The van der Waals surface area contributed by atoms with Crippen molar-refractivity contribution in [3.63, 3.8) is 0 Å². The average molecular weight is 252 g/mol. The van der Waals surface area contributed by atoms with Gasteiger partial charge >= 0.3 is 0 Å². The summed E-state index contributed by atoms with van der Waals surface area (Å²) >= 11 is 0. The number of nitrogens with one attached hydrogen (secondary N) is 2. The van der Waals surface area contributed by atoms with E-state index in [1.807, 2.05) is 13.8 Å². The summed E-state index contributed by atoms with van der Waals surface area (Å²) in [6.07, 6.45) is 3.51. The zero-order valence-electron chi connectivity index (χ0n) is 11.5. The Bertz CT molecular complexity index is 367. The number of hydrogen-bond donors (Lipinski definition) is 3. The summed E-state index contributed by atoms with van der Waals surface area (Å²) in [6.45, 7) is 6.62. The van der Waals surface area contributed by atoms with E-state index in [0.29, 0.717) is 18.9 Å². The van der Waals surface area contributed by atoms with Crippen molar-refractivity contribution in [3.8, 4) is 0 Å². The van der Waals surface area contributed by atoms with E-state index < -0.39 is 0 Å². The van der Waals surface area contributed by atoms with Gasteiger partial charge in [0.05, 0.1) is 17.1 Å². The van der Waals surface area contributed by atoms with Crippen molar-refractivity contribution in [1.82, 2.24) is 10.2 Å². The minimum Gasteiger partial charge on any atom is -0.330 e. The molecule has 1 amide bonds. The third-order valence-corrected chi connectivity index (χ3v) is 3.32. The summed E-state index contributed by atoms with van der Waals surface area (Å²) in [7, 11) is 0. The molecule has 0 saturated carbocycles. The van der Waals surface area contributed by atoms with E-state index in [1.54, 1.807) is 0 Å². The maximum absolute atomic E-state index is 11.9. The quantitative estimate of drug-likeness (QED) is 0.695. The van der Waals surface area contributed by atoms with Crippen LogP contribution in [0.5, 0.6) is 0 Å². The molecule has 5 heteroatoms. The molecular formula is C13H24N4O. The SMILES string of the molecule is CCC(CCN)CCC(=O)Nc1c(C)n[nH]c1C. The molecular weight excluding hydrogens is 228 g/mol. The first-order valence-corrected chi connectivity index (χ1v) is 6.59. The summed E-state index contributed by atoms with van der Waals surface area (Å²) in [5.74, 6) is 0.602. The van der Waals surface area contributed by atoms with E-state index in [1.165, 1.54) is 0 Å². The minimum atomic E-state index is 0.0538. The summed E-state index contributed by atoms with van der Waals surface area (Å²) < 4.78 is 0. The Kier molecular flexibility index (Phi) is 5.85. The van der Waals surface area contributed by atoms with Crippen molar-refractivity contribution in [2.24, 2.45) is 11.7 Å². The second-order valence-electron chi connectivity index (χ2n) is 4.75. The molecule has 1 aromatic rings. The number of anilines is 1. The van der Waals surface area contributed by atoms with Gasteiger partial charge in [-0.05, 0) is 39.2 Å². The number of rotatable bonds is 7. The van der Waals surface area contributed by atoms with E-state index in [2.05, 4.69) is 22.4 Å². The van der Waals surface area contributed by atoms with Crippen LogP contribution in [-0.2, 0) is 4.79 Å². The maximum atomic E-state index is 11.9. The first kappa shape index (κ1) is 14.7. The van der Waals surface area contributed by atoms with Crippen molar-refractivity contribution in [1.29, 1.82) is 0 Å². The maximum Gasteiger partial charge on any atom is 0.224 e. The highest BCUT2D eigenvalue weighted by Gasteiger charge is 2.12. The molecule has 18 heavy (non-hydrogen) atoms. The Morgan fingerprint density at radius 2 is 2.17 bits per heavy atom. The van der Waals surface area contributed by atoms with Crippen LogP contribution in [-0.4, -0.2) is 22.6 Å². The molecule has 4 N–H and O–H groups in total. The van der Waals surface area contributed by atoms with Gasteiger partial charge in [0.2, 0.25) is 5.91 Å². The standard InChI is InChI=1S/C13H24N4O/c1-4-11(7-8-14)5-6-12(18)15-13-9(2)16-17-10(13)3/h11H,4-8,14H2,1-3H3,(H,15,18)(H,16,17). The Hall–Kier alpha value is -1.36. The van der Waals surface area contributed by atoms with Gasteiger partial charge in [-0.15, -0.1) is 0 Å². The first-order chi connectivity index (χ1) is 8.58. The third kappa shape index (κ3) is 4.14. The highest BCUT2D eigenvalue weighted by atomic mass is 16.1. The number of nitrogens with zero attached hydrogens (tertiary/aromatic N) is 1. The molecule has 0 bridgehead atoms. The van der Waals surface area contributed by atoms with E-state index in [4.69, 9.17) is 5.73 Å². The van der Waals surface area contributed by atoms with Crippen molar-refractivity contribution in [3.05, 3.63) is 11.4 Å². The van der Waals surface area contributed by atoms with Gasteiger partial charge in [0.25, 0.3) is 0 Å². The van der Waals surface area contributed by atoms with Gasteiger partial charge in [0.15, 0.2) is 0 Å². The van der Waals surface area contributed by atoms with E-state index >= 15 is 0 Å². The van der Waals surface area contributed by atoms with Crippen LogP contribution in [0, 0.1) is 19.8 Å². The summed E-state index contributed by atoms with van der Waals surface area (Å²) in [5.41, 5.74) is 8.09. The molecule has 0 saturated heterocycles. The van der Waals surface area contributed by atoms with Gasteiger partial charge in [0.1, 0.15) is 0 Å². The first-order valence-electron chi connectivity index (χ1n) is 6.59. The largest absolute Gasteiger partial charge is 0.330 e. The number of aryl methyl sites for hydroxylation is 2. The lowest BCUT2D eigenvalue weighted by molar-refractivity contribution is -0.116. The Morgan fingerprint density at radius 1 is 1.44 bits per heavy atom. The highest BCUT2D eigenvalue weighted by Crippen LogP contribution is 2.18. The van der Waals surface area contributed by atoms with Crippen LogP contribution in [0.15, 0.2) is 0 Å². The lowest BCUT2D eigenvalue weighted by atomic mass is 9.96. The molecule has 5 nitrogen and oxygen atoms in total. The van der Waals surface area contributed by atoms with Gasteiger partial charge in [-0.3, -0.25) is 9.89 Å². The Morgan fingerprint density at radius 3 is 2.67 bits per heavy atom. The number of H-pyrrole nitrogens is 1. The normalized spacial score (nSPS) is 12.4. The minimum absolute atomic E-state index is 0.0538. The fraction of sp³-hybridized carbons (Fsp3) is 0.692. The molecule has 1 heterocycles. The predicted octanol–water partition coefficient (Wildman–Crippen LogP) is 2.12. The van der Waals surface area contributed by atoms with E-state index in [9.17, 15) is 4.79 Å². The molecule has 0 radical (unpaired) electrons. The molecule has 1 aromatic heterocycles. The molecule has 102 valence electrons. The molecule has 0 fully saturated rings. The fourth-order valence-electron chi connectivity index (χ4n) is 2.06. The number of aromatic amines is 1. The molecule has 1 atom stereocenters. The number of carbonyl (C=O) groups is 1. The lowest BCUT2D eigenvalue weighted by Crippen LogP contribution is -2.15. The lowest BCUT2D eigenvalue weighted by Gasteiger charge is -2.13. The second-order valence-corrected chi connectivity index (χ2v) is 4.75. The number of carbonyl (C=O) groups excluding carboxylic acids is 1. The van der Waals surface area contributed by atoms with Crippen molar-refractivity contribution < 1.29 is 4.79 Å². The topological polar surface area (TPSA) is 83.8 Å².